The van der Waals surface area contributed by atoms with E-state index in [4.69, 9.17) is 4.74 Å². The second-order valence-electron chi connectivity index (χ2n) is 5.87. The smallest absolute Gasteiger partial charge is 0.227 e. The molecule has 20 heavy (non-hydrogen) atoms. The lowest BCUT2D eigenvalue weighted by atomic mass is 9.99. The maximum atomic E-state index is 11.9. The number of nitrogens with one attached hydrogen (secondary N) is 1. The van der Waals surface area contributed by atoms with E-state index in [2.05, 4.69) is 5.32 Å². The number of rotatable bonds is 3. The molecule has 2 N–H and O–H groups in total. The van der Waals surface area contributed by atoms with Crippen LogP contribution in [-0.2, 0) is 4.79 Å². The average molecular weight is 273 g/mol. The van der Waals surface area contributed by atoms with Crippen molar-refractivity contribution in [2.24, 2.45) is 5.92 Å². The summed E-state index contributed by atoms with van der Waals surface area (Å²) in [5.41, 5.74) is 2.06. The molecule has 1 atom stereocenters. The Morgan fingerprint density at radius 2 is 2.25 bits per heavy atom. The molecule has 0 aromatic heterocycles. The molecule has 4 heteroatoms. The average Bonchev–Trinajstić information content (AvgIpc) is 3.24. The van der Waals surface area contributed by atoms with Crippen LogP contribution in [-0.4, -0.2) is 23.2 Å². The van der Waals surface area contributed by atoms with Crippen LogP contribution in [0.3, 0.4) is 0 Å². The molecule has 1 saturated carbocycles. The molecule has 1 aromatic carbocycles. The van der Waals surface area contributed by atoms with Gasteiger partial charge in [-0.25, -0.2) is 0 Å². The van der Waals surface area contributed by atoms with E-state index >= 15 is 0 Å². The first-order valence-corrected chi connectivity index (χ1v) is 6.95. The molecule has 1 aliphatic carbocycles. The van der Waals surface area contributed by atoms with Gasteiger partial charge in [-0.15, -0.1) is 0 Å². The van der Waals surface area contributed by atoms with Crippen LogP contribution < -0.4 is 10.1 Å². The molecule has 106 valence electrons. The molecule has 0 radical (unpaired) electrons. The monoisotopic (exact) mass is 273 g/mol. The van der Waals surface area contributed by atoms with Gasteiger partial charge < -0.3 is 15.2 Å². The zero-order valence-electron chi connectivity index (χ0n) is 11.8. The molecule has 0 bridgehead atoms. The minimum atomic E-state index is -0.668. The number of benzene rings is 1. The van der Waals surface area contributed by atoms with E-state index in [1.54, 1.807) is 0 Å². The Bertz CT molecular complexity index is 590. The second kappa shape index (κ2) is 4.63. The number of hydrogen-bond donors (Lipinski definition) is 2. The predicted molar refractivity (Wildman–Crippen MR) is 77.7 cm³/mol. The Hall–Kier alpha value is -1.81. The summed E-state index contributed by atoms with van der Waals surface area (Å²) in [4.78, 5) is 11.9. The largest absolute Gasteiger partial charge is 0.480 e. The highest BCUT2D eigenvalue weighted by Crippen LogP contribution is 2.36. The van der Waals surface area contributed by atoms with Crippen molar-refractivity contribution in [3.8, 4) is 5.75 Å². The molecular formula is C16H19NO3. The lowest BCUT2D eigenvalue weighted by Gasteiger charge is -2.30. The summed E-state index contributed by atoms with van der Waals surface area (Å²) in [6, 6.07) is 3.84. The quantitative estimate of drug-likeness (QED) is 0.889. The molecule has 1 fully saturated rings. The number of anilines is 1. The Labute approximate surface area is 118 Å². The van der Waals surface area contributed by atoms with Crippen LogP contribution >= 0.6 is 0 Å². The summed E-state index contributed by atoms with van der Waals surface area (Å²) >= 11 is 0. The molecule has 1 amide bonds. The maximum absolute atomic E-state index is 11.9. The van der Waals surface area contributed by atoms with Gasteiger partial charge in [0.2, 0.25) is 5.91 Å². The highest BCUT2D eigenvalue weighted by atomic mass is 16.5. The van der Waals surface area contributed by atoms with Gasteiger partial charge in [-0.1, -0.05) is 6.08 Å². The van der Waals surface area contributed by atoms with Crippen molar-refractivity contribution in [3.05, 3.63) is 29.3 Å². The summed E-state index contributed by atoms with van der Waals surface area (Å²) in [5, 5.41) is 12.3. The van der Waals surface area contributed by atoms with Crippen LogP contribution in [0.5, 0.6) is 5.75 Å². The molecular weight excluding hydrogens is 254 g/mol. The van der Waals surface area contributed by atoms with Gasteiger partial charge in [0.1, 0.15) is 11.4 Å². The molecule has 4 nitrogen and oxygen atoms in total. The van der Waals surface area contributed by atoms with Crippen molar-refractivity contribution in [2.45, 2.75) is 32.3 Å². The SMILES string of the molecule is Cc1cc2c(cc1NC(=O)C1CC1)C=CC(C)(CO)O2. The van der Waals surface area contributed by atoms with Gasteiger partial charge in [0.15, 0.2) is 0 Å². The minimum Gasteiger partial charge on any atom is -0.480 e. The minimum absolute atomic E-state index is 0.0673. The lowest BCUT2D eigenvalue weighted by molar-refractivity contribution is -0.117. The Morgan fingerprint density at radius 1 is 1.50 bits per heavy atom. The van der Waals surface area contributed by atoms with Crippen LogP contribution in [0.4, 0.5) is 5.69 Å². The molecule has 1 heterocycles. The van der Waals surface area contributed by atoms with Crippen molar-refractivity contribution < 1.29 is 14.6 Å². The van der Waals surface area contributed by atoms with Gasteiger partial charge in [-0.2, -0.15) is 0 Å². The van der Waals surface area contributed by atoms with Gasteiger partial charge in [0.05, 0.1) is 6.61 Å². The van der Waals surface area contributed by atoms with E-state index in [0.29, 0.717) is 0 Å². The molecule has 1 unspecified atom stereocenters. The maximum Gasteiger partial charge on any atom is 0.227 e. The van der Waals surface area contributed by atoms with Crippen molar-refractivity contribution in [1.29, 1.82) is 0 Å². The van der Waals surface area contributed by atoms with Crippen molar-refractivity contribution in [1.82, 2.24) is 0 Å². The van der Waals surface area contributed by atoms with Crippen LogP contribution in [0, 0.1) is 12.8 Å². The highest BCUT2D eigenvalue weighted by molar-refractivity contribution is 5.95. The Morgan fingerprint density at radius 3 is 2.90 bits per heavy atom. The fourth-order valence-electron chi connectivity index (χ4n) is 2.27. The third kappa shape index (κ3) is 2.43. The van der Waals surface area contributed by atoms with Crippen molar-refractivity contribution >= 4 is 17.7 Å². The van der Waals surface area contributed by atoms with Crippen LogP contribution in [0.25, 0.3) is 6.08 Å². The Balaban J connectivity index is 1.87. The number of hydrogen-bond acceptors (Lipinski definition) is 3. The summed E-state index contributed by atoms with van der Waals surface area (Å²) in [6.45, 7) is 3.72. The third-order valence-corrected chi connectivity index (χ3v) is 3.84. The Kier molecular flexibility index (Phi) is 3.05. The summed E-state index contributed by atoms with van der Waals surface area (Å²) in [7, 11) is 0. The van der Waals surface area contributed by atoms with Crippen molar-refractivity contribution in [3.63, 3.8) is 0 Å². The number of aliphatic hydroxyl groups excluding tert-OH is 1. The zero-order valence-corrected chi connectivity index (χ0v) is 11.8. The second-order valence-corrected chi connectivity index (χ2v) is 5.87. The van der Waals surface area contributed by atoms with Gasteiger partial charge >= 0.3 is 0 Å². The molecule has 0 saturated heterocycles. The zero-order chi connectivity index (χ0) is 14.3. The van der Waals surface area contributed by atoms with E-state index < -0.39 is 5.60 Å². The number of carbonyl (C=O) groups is 1. The molecule has 0 spiro atoms. The first-order chi connectivity index (χ1) is 9.50. The van der Waals surface area contributed by atoms with Crippen LogP contribution in [0.2, 0.25) is 0 Å². The van der Waals surface area contributed by atoms with Crippen LogP contribution in [0.1, 0.15) is 30.9 Å². The first kappa shape index (κ1) is 13.2. The third-order valence-electron chi connectivity index (χ3n) is 3.84. The number of amides is 1. The summed E-state index contributed by atoms with van der Waals surface area (Å²) < 4.78 is 5.82. The lowest BCUT2D eigenvalue weighted by Crippen LogP contribution is -2.35. The molecule has 2 aliphatic rings. The number of fused-ring (bicyclic) bond motifs is 1. The van der Waals surface area contributed by atoms with Gasteiger partial charge in [0.25, 0.3) is 0 Å². The van der Waals surface area contributed by atoms with Crippen LogP contribution in [0.15, 0.2) is 18.2 Å². The van der Waals surface area contributed by atoms with E-state index in [1.807, 2.05) is 38.1 Å². The molecule has 1 aliphatic heterocycles. The van der Waals surface area contributed by atoms with Gasteiger partial charge in [0, 0.05) is 17.2 Å². The van der Waals surface area contributed by atoms with E-state index in [1.165, 1.54) is 0 Å². The number of carbonyl (C=O) groups excluding carboxylic acids is 1. The van der Waals surface area contributed by atoms with Gasteiger partial charge in [-0.05, 0) is 50.5 Å². The summed E-state index contributed by atoms with van der Waals surface area (Å²) in [5.74, 6) is 1.04. The highest BCUT2D eigenvalue weighted by Gasteiger charge is 2.30. The molecule has 3 rings (SSSR count). The van der Waals surface area contributed by atoms with E-state index in [9.17, 15) is 9.90 Å². The number of aryl methyl sites for hydroxylation is 1. The number of ether oxygens (including phenoxy) is 1. The fourth-order valence-corrected chi connectivity index (χ4v) is 2.27. The number of aliphatic hydroxyl groups is 1. The first-order valence-electron chi connectivity index (χ1n) is 6.95. The van der Waals surface area contributed by atoms with E-state index in [0.717, 1.165) is 35.4 Å². The van der Waals surface area contributed by atoms with E-state index in [-0.39, 0.29) is 18.4 Å². The van der Waals surface area contributed by atoms with Crippen molar-refractivity contribution in [2.75, 3.05) is 11.9 Å². The fraction of sp³-hybridized carbons (Fsp3) is 0.438. The normalized spacial score (nSPS) is 23.9. The van der Waals surface area contributed by atoms with Gasteiger partial charge in [-0.3, -0.25) is 4.79 Å². The standard InChI is InChI=1S/C16H19NO3/c1-10-7-14-12(5-6-16(2,9-18)20-14)8-13(10)17-15(19)11-3-4-11/h5-8,11,18H,3-4,9H2,1-2H3,(H,17,19). The predicted octanol–water partition coefficient (Wildman–Crippen LogP) is 2.50. The summed E-state index contributed by atoms with van der Waals surface area (Å²) in [6.07, 6.45) is 5.76. The topological polar surface area (TPSA) is 58.6 Å². The molecule has 1 aromatic rings.